The Kier molecular flexibility index (Phi) is 5.22. The topological polar surface area (TPSA) is 37.4 Å². The summed E-state index contributed by atoms with van der Waals surface area (Å²) >= 11 is 0. The molecule has 1 rings (SSSR count). The molecule has 0 spiro atoms. The van der Waals surface area contributed by atoms with Crippen LogP contribution in [0.5, 0.6) is 0 Å². The van der Waals surface area contributed by atoms with Crippen LogP contribution in [0.4, 0.5) is 5.82 Å². The molecule has 0 aliphatic carbocycles. The first-order chi connectivity index (χ1) is 7.63. The summed E-state index contributed by atoms with van der Waals surface area (Å²) in [7, 11) is 5.70. The minimum absolute atomic E-state index is 0.342. The molecule has 1 unspecified atom stereocenters. The summed E-state index contributed by atoms with van der Waals surface area (Å²) in [4.78, 5) is 6.53. The van der Waals surface area contributed by atoms with Gasteiger partial charge in [0, 0.05) is 33.8 Å². The Labute approximate surface area is 97.6 Å². The summed E-state index contributed by atoms with van der Waals surface area (Å²) in [5.41, 5.74) is 1.05. The maximum Gasteiger partial charge on any atom is 0.128 e. The highest BCUT2D eigenvalue weighted by Crippen LogP contribution is 2.07. The lowest BCUT2D eigenvalue weighted by Crippen LogP contribution is -2.30. The second-order valence-corrected chi connectivity index (χ2v) is 4.12. The van der Waals surface area contributed by atoms with Crippen LogP contribution < -0.4 is 10.2 Å². The highest BCUT2D eigenvalue weighted by Gasteiger charge is 2.02. The molecular weight excluding hydrogens is 202 g/mol. The monoisotopic (exact) mass is 223 g/mol. The Hall–Kier alpha value is -1.13. The van der Waals surface area contributed by atoms with Crippen LogP contribution in [-0.4, -0.2) is 38.8 Å². The van der Waals surface area contributed by atoms with Crippen LogP contribution >= 0.6 is 0 Å². The number of hydrogen-bond donors (Lipinski definition) is 1. The molecule has 4 heteroatoms. The quantitative estimate of drug-likeness (QED) is 0.788. The predicted molar refractivity (Wildman–Crippen MR) is 66.7 cm³/mol. The molecule has 0 aliphatic heterocycles. The number of anilines is 1. The Morgan fingerprint density at radius 2 is 2.19 bits per heavy atom. The van der Waals surface area contributed by atoms with Gasteiger partial charge < -0.3 is 15.0 Å². The molecule has 0 saturated carbocycles. The van der Waals surface area contributed by atoms with Gasteiger partial charge in [0.1, 0.15) is 5.82 Å². The van der Waals surface area contributed by atoms with Gasteiger partial charge in [0.15, 0.2) is 0 Å². The summed E-state index contributed by atoms with van der Waals surface area (Å²) in [6.07, 6.45) is 0. The second-order valence-electron chi connectivity index (χ2n) is 4.12. The Morgan fingerprint density at radius 3 is 2.81 bits per heavy atom. The molecule has 0 bridgehead atoms. The van der Waals surface area contributed by atoms with E-state index in [4.69, 9.17) is 4.74 Å². The fourth-order valence-electron chi connectivity index (χ4n) is 1.40. The molecule has 1 heterocycles. The molecular formula is C12H21N3O. The molecule has 90 valence electrons. The van der Waals surface area contributed by atoms with E-state index in [1.807, 2.05) is 37.2 Å². The van der Waals surface area contributed by atoms with Crippen LogP contribution in [0, 0.1) is 0 Å². The van der Waals surface area contributed by atoms with Crippen molar-refractivity contribution in [1.82, 2.24) is 10.3 Å². The third kappa shape index (κ3) is 4.16. The van der Waals surface area contributed by atoms with Crippen molar-refractivity contribution in [3.05, 3.63) is 23.9 Å². The van der Waals surface area contributed by atoms with Crippen LogP contribution in [0.2, 0.25) is 0 Å². The molecule has 1 aromatic rings. The molecule has 0 amide bonds. The van der Waals surface area contributed by atoms with E-state index in [1.54, 1.807) is 7.11 Å². The number of methoxy groups -OCH3 is 1. The van der Waals surface area contributed by atoms with Crippen molar-refractivity contribution in [2.75, 3.05) is 32.7 Å². The second kappa shape index (κ2) is 6.45. The van der Waals surface area contributed by atoms with Gasteiger partial charge in [-0.25, -0.2) is 4.98 Å². The van der Waals surface area contributed by atoms with E-state index in [-0.39, 0.29) is 0 Å². The fraction of sp³-hybridized carbons (Fsp3) is 0.583. The molecule has 1 N–H and O–H groups in total. The summed E-state index contributed by atoms with van der Waals surface area (Å²) < 4.78 is 5.06. The van der Waals surface area contributed by atoms with Crippen molar-refractivity contribution in [1.29, 1.82) is 0 Å². The molecule has 0 aliphatic rings. The normalized spacial score (nSPS) is 12.5. The van der Waals surface area contributed by atoms with Gasteiger partial charge in [-0.3, -0.25) is 0 Å². The van der Waals surface area contributed by atoms with Crippen molar-refractivity contribution >= 4 is 5.82 Å². The summed E-state index contributed by atoms with van der Waals surface area (Å²) in [5, 5.41) is 3.36. The van der Waals surface area contributed by atoms with E-state index in [9.17, 15) is 0 Å². The predicted octanol–water partition coefficient (Wildman–Crippen LogP) is 1.27. The van der Waals surface area contributed by atoms with Crippen LogP contribution in [0.25, 0.3) is 0 Å². The van der Waals surface area contributed by atoms with Gasteiger partial charge >= 0.3 is 0 Å². The zero-order valence-corrected chi connectivity index (χ0v) is 10.5. The molecule has 1 atom stereocenters. The van der Waals surface area contributed by atoms with Gasteiger partial charge in [0.2, 0.25) is 0 Å². The Morgan fingerprint density at radius 1 is 1.44 bits per heavy atom. The van der Waals surface area contributed by atoms with Gasteiger partial charge in [-0.1, -0.05) is 6.07 Å². The summed E-state index contributed by atoms with van der Waals surface area (Å²) in [5.74, 6) is 0.985. The fourth-order valence-corrected chi connectivity index (χ4v) is 1.40. The number of hydrogen-bond acceptors (Lipinski definition) is 4. The van der Waals surface area contributed by atoms with Crippen molar-refractivity contribution in [3.8, 4) is 0 Å². The lowest BCUT2D eigenvalue weighted by molar-refractivity contribution is 0.171. The molecule has 16 heavy (non-hydrogen) atoms. The molecule has 0 fully saturated rings. The van der Waals surface area contributed by atoms with Crippen LogP contribution in [-0.2, 0) is 11.3 Å². The average molecular weight is 223 g/mol. The van der Waals surface area contributed by atoms with E-state index in [0.717, 1.165) is 18.1 Å². The largest absolute Gasteiger partial charge is 0.383 e. The molecule has 0 aromatic carbocycles. The van der Waals surface area contributed by atoms with Crippen LogP contribution in [0.15, 0.2) is 18.2 Å². The van der Waals surface area contributed by atoms with E-state index in [1.165, 1.54) is 0 Å². The van der Waals surface area contributed by atoms with Crippen molar-refractivity contribution < 1.29 is 4.74 Å². The van der Waals surface area contributed by atoms with Crippen molar-refractivity contribution in [2.24, 2.45) is 0 Å². The third-order valence-electron chi connectivity index (χ3n) is 2.30. The summed E-state index contributed by atoms with van der Waals surface area (Å²) in [6, 6.07) is 6.40. The first-order valence-electron chi connectivity index (χ1n) is 5.49. The maximum atomic E-state index is 5.06. The van der Waals surface area contributed by atoms with Crippen molar-refractivity contribution in [3.63, 3.8) is 0 Å². The van der Waals surface area contributed by atoms with Crippen LogP contribution in [0.1, 0.15) is 12.6 Å². The van der Waals surface area contributed by atoms with E-state index >= 15 is 0 Å². The number of nitrogens with one attached hydrogen (secondary N) is 1. The van der Waals surface area contributed by atoms with E-state index in [2.05, 4.69) is 17.2 Å². The third-order valence-corrected chi connectivity index (χ3v) is 2.30. The lowest BCUT2D eigenvalue weighted by atomic mass is 10.3. The number of pyridine rings is 1. The van der Waals surface area contributed by atoms with Crippen molar-refractivity contribution in [2.45, 2.75) is 19.5 Å². The minimum atomic E-state index is 0.342. The number of rotatable bonds is 6. The standard InChI is InChI=1S/C12H21N3O/c1-10(9-16-4)13-8-11-6-5-7-12(14-11)15(2)3/h5-7,10,13H,8-9H2,1-4H3. The molecule has 0 saturated heterocycles. The van der Waals surface area contributed by atoms with Crippen LogP contribution in [0.3, 0.4) is 0 Å². The van der Waals surface area contributed by atoms with Gasteiger partial charge in [-0.2, -0.15) is 0 Å². The zero-order valence-electron chi connectivity index (χ0n) is 10.5. The Bertz CT molecular complexity index is 315. The summed E-state index contributed by atoms with van der Waals surface area (Å²) in [6.45, 7) is 3.58. The smallest absolute Gasteiger partial charge is 0.128 e. The first kappa shape index (κ1) is 12.9. The van der Waals surface area contributed by atoms with Gasteiger partial charge in [0.05, 0.1) is 12.3 Å². The average Bonchev–Trinajstić information content (AvgIpc) is 2.27. The first-order valence-corrected chi connectivity index (χ1v) is 5.49. The SMILES string of the molecule is COCC(C)NCc1cccc(N(C)C)n1. The highest BCUT2D eigenvalue weighted by atomic mass is 16.5. The van der Waals surface area contributed by atoms with Gasteiger partial charge in [-0.15, -0.1) is 0 Å². The highest BCUT2D eigenvalue weighted by molar-refractivity contribution is 5.36. The van der Waals surface area contributed by atoms with Gasteiger partial charge in [0.25, 0.3) is 0 Å². The molecule has 1 aromatic heterocycles. The number of aromatic nitrogens is 1. The van der Waals surface area contributed by atoms with E-state index in [0.29, 0.717) is 12.6 Å². The molecule has 4 nitrogen and oxygen atoms in total. The van der Waals surface area contributed by atoms with Gasteiger partial charge in [-0.05, 0) is 19.1 Å². The lowest BCUT2D eigenvalue weighted by Gasteiger charge is -2.14. The number of ether oxygens (including phenoxy) is 1. The van der Waals surface area contributed by atoms with E-state index < -0.39 is 0 Å². The minimum Gasteiger partial charge on any atom is -0.383 e. The Balaban J connectivity index is 2.50. The maximum absolute atomic E-state index is 5.06. The number of nitrogens with zero attached hydrogens (tertiary/aromatic N) is 2. The zero-order chi connectivity index (χ0) is 12.0. The molecule has 0 radical (unpaired) electrons.